The molecular weight excluding hydrogens is 452 g/mol. The third-order valence-corrected chi connectivity index (χ3v) is 6.91. The monoisotopic (exact) mass is 486 g/mol. The van der Waals surface area contributed by atoms with Crippen LogP contribution in [0.2, 0.25) is 0 Å². The van der Waals surface area contributed by atoms with Crippen LogP contribution in [0.5, 0.6) is 0 Å². The normalized spacial score (nSPS) is 30.0. The van der Waals surface area contributed by atoms with Crippen molar-refractivity contribution in [3.05, 3.63) is 0 Å². The van der Waals surface area contributed by atoms with Crippen molar-refractivity contribution < 1.29 is 49.3 Å². The second-order valence-electron chi connectivity index (χ2n) is 9.24. The molecule has 32 heavy (non-hydrogen) atoms. The van der Waals surface area contributed by atoms with Crippen molar-refractivity contribution in [2.24, 2.45) is 17.3 Å². The average Bonchev–Trinajstić information content (AvgIpc) is 2.86. The SMILES string of the molecule is CCC(C)CC1CC(OCOCCOC)(C(F)(F)F)C(F)(F)C1(F)C(F)(F)C(C)(C)CC. The highest BCUT2D eigenvalue weighted by Crippen LogP contribution is 2.70. The lowest BCUT2D eigenvalue weighted by molar-refractivity contribution is -0.385. The lowest BCUT2D eigenvalue weighted by Gasteiger charge is -2.48. The van der Waals surface area contributed by atoms with E-state index in [1.807, 2.05) is 0 Å². The molecule has 0 radical (unpaired) electrons. The summed E-state index contributed by atoms with van der Waals surface area (Å²) in [6.07, 6.45) is -8.20. The van der Waals surface area contributed by atoms with Crippen molar-refractivity contribution >= 4 is 0 Å². The number of ether oxygens (including phenoxy) is 3. The van der Waals surface area contributed by atoms with Crippen molar-refractivity contribution in [2.45, 2.75) is 89.6 Å². The molecule has 0 aromatic carbocycles. The van der Waals surface area contributed by atoms with Crippen molar-refractivity contribution in [1.82, 2.24) is 0 Å². The molecule has 0 N–H and O–H groups in total. The molecule has 1 saturated carbocycles. The van der Waals surface area contributed by atoms with Gasteiger partial charge in [-0.2, -0.15) is 22.0 Å². The first-order valence-corrected chi connectivity index (χ1v) is 10.6. The zero-order valence-corrected chi connectivity index (χ0v) is 19.4. The fourth-order valence-electron chi connectivity index (χ4n) is 4.10. The summed E-state index contributed by atoms with van der Waals surface area (Å²) >= 11 is 0. The molecule has 0 aromatic rings. The minimum Gasteiger partial charge on any atom is -0.382 e. The summed E-state index contributed by atoms with van der Waals surface area (Å²) < 4.78 is 134. The first kappa shape index (κ1) is 29.4. The fraction of sp³-hybridized carbons (Fsp3) is 1.00. The molecule has 192 valence electrons. The van der Waals surface area contributed by atoms with Crippen LogP contribution in [0.1, 0.15) is 60.3 Å². The second-order valence-corrected chi connectivity index (χ2v) is 9.24. The molecule has 0 heterocycles. The highest BCUT2D eigenvalue weighted by Gasteiger charge is 2.91. The Kier molecular flexibility index (Phi) is 9.08. The van der Waals surface area contributed by atoms with Gasteiger partial charge in [0.2, 0.25) is 11.3 Å². The highest BCUT2D eigenvalue weighted by atomic mass is 19.4. The molecule has 0 aromatic heterocycles. The topological polar surface area (TPSA) is 27.7 Å². The first-order chi connectivity index (χ1) is 14.4. The zero-order chi connectivity index (χ0) is 25.2. The van der Waals surface area contributed by atoms with Crippen molar-refractivity contribution in [2.75, 3.05) is 27.1 Å². The van der Waals surface area contributed by atoms with E-state index >= 15 is 22.0 Å². The Morgan fingerprint density at radius 2 is 1.56 bits per heavy atom. The molecule has 1 rings (SSSR count). The molecule has 0 aliphatic heterocycles. The lowest BCUT2D eigenvalue weighted by Crippen LogP contribution is -2.70. The predicted octanol–water partition coefficient (Wildman–Crippen LogP) is 6.80. The maximum absolute atomic E-state index is 16.2. The van der Waals surface area contributed by atoms with Crippen LogP contribution in [-0.2, 0) is 14.2 Å². The maximum atomic E-state index is 16.2. The van der Waals surface area contributed by atoms with E-state index < -0.39 is 72.6 Å². The van der Waals surface area contributed by atoms with Gasteiger partial charge < -0.3 is 14.2 Å². The lowest BCUT2D eigenvalue weighted by atomic mass is 9.68. The van der Waals surface area contributed by atoms with Gasteiger partial charge in [-0.15, -0.1) is 0 Å². The Hall–Kier alpha value is -0.680. The van der Waals surface area contributed by atoms with E-state index in [0.29, 0.717) is 6.42 Å². The molecule has 11 heteroatoms. The van der Waals surface area contributed by atoms with Gasteiger partial charge in [-0.3, -0.25) is 0 Å². The number of rotatable bonds is 12. The van der Waals surface area contributed by atoms with Crippen molar-refractivity contribution in [1.29, 1.82) is 0 Å². The van der Waals surface area contributed by atoms with Crippen molar-refractivity contribution in [3.63, 3.8) is 0 Å². The summed E-state index contributed by atoms with van der Waals surface area (Å²) in [5.41, 5.74) is -11.6. The molecule has 0 spiro atoms. The number of halogens is 8. The van der Waals surface area contributed by atoms with Gasteiger partial charge >= 0.3 is 12.1 Å². The van der Waals surface area contributed by atoms with Crippen LogP contribution in [0.25, 0.3) is 0 Å². The largest absolute Gasteiger partial charge is 0.423 e. The van der Waals surface area contributed by atoms with Crippen LogP contribution in [-0.4, -0.2) is 56.4 Å². The van der Waals surface area contributed by atoms with Crippen LogP contribution in [0.3, 0.4) is 0 Å². The minimum absolute atomic E-state index is 0.0643. The number of hydrogen-bond donors (Lipinski definition) is 0. The predicted molar refractivity (Wildman–Crippen MR) is 103 cm³/mol. The van der Waals surface area contributed by atoms with E-state index in [0.717, 1.165) is 13.8 Å². The minimum atomic E-state index is -5.84. The van der Waals surface area contributed by atoms with E-state index in [9.17, 15) is 13.2 Å². The smallest absolute Gasteiger partial charge is 0.382 e. The molecule has 0 saturated heterocycles. The summed E-state index contributed by atoms with van der Waals surface area (Å²) in [5.74, 6) is -13.2. The summed E-state index contributed by atoms with van der Waals surface area (Å²) in [5, 5.41) is 0. The molecule has 3 nitrogen and oxygen atoms in total. The van der Waals surface area contributed by atoms with E-state index in [4.69, 9.17) is 4.74 Å². The Balaban J connectivity index is 3.65. The third-order valence-electron chi connectivity index (χ3n) is 6.91. The number of methoxy groups -OCH3 is 1. The van der Waals surface area contributed by atoms with E-state index in [-0.39, 0.29) is 13.2 Å². The summed E-state index contributed by atoms with van der Waals surface area (Å²) in [6, 6.07) is 0. The molecule has 1 fully saturated rings. The summed E-state index contributed by atoms with van der Waals surface area (Å²) in [4.78, 5) is 0. The second kappa shape index (κ2) is 9.90. The van der Waals surface area contributed by atoms with E-state index in [1.165, 1.54) is 21.0 Å². The van der Waals surface area contributed by atoms with Gasteiger partial charge in [0.05, 0.1) is 13.2 Å². The summed E-state index contributed by atoms with van der Waals surface area (Å²) in [7, 11) is 1.28. The van der Waals surface area contributed by atoms with Gasteiger partial charge in [0.1, 0.15) is 6.79 Å². The van der Waals surface area contributed by atoms with Crippen LogP contribution in [0, 0.1) is 17.3 Å². The molecule has 1 aliphatic carbocycles. The quantitative estimate of drug-likeness (QED) is 0.173. The van der Waals surface area contributed by atoms with Gasteiger partial charge in [0.25, 0.3) is 5.92 Å². The fourth-order valence-corrected chi connectivity index (χ4v) is 4.10. The van der Waals surface area contributed by atoms with Crippen LogP contribution >= 0.6 is 0 Å². The maximum Gasteiger partial charge on any atom is 0.423 e. The van der Waals surface area contributed by atoms with Gasteiger partial charge in [0, 0.05) is 18.4 Å². The first-order valence-electron chi connectivity index (χ1n) is 10.6. The van der Waals surface area contributed by atoms with Gasteiger partial charge in [-0.1, -0.05) is 41.0 Å². The zero-order valence-electron chi connectivity index (χ0n) is 19.4. The third kappa shape index (κ3) is 4.50. The van der Waals surface area contributed by atoms with Gasteiger partial charge in [-0.05, 0) is 25.2 Å². The average molecular weight is 486 g/mol. The van der Waals surface area contributed by atoms with Crippen molar-refractivity contribution in [3.8, 4) is 0 Å². The Labute approximate surface area is 184 Å². The molecular formula is C21H34F8O3. The molecule has 4 unspecified atom stereocenters. The van der Waals surface area contributed by atoms with E-state index in [1.54, 1.807) is 6.92 Å². The highest BCUT2D eigenvalue weighted by molar-refractivity contribution is 5.26. The molecule has 1 aliphatic rings. The number of hydrogen-bond acceptors (Lipinski definition) is 3. The Bertz CT molecular complexity index is 610. The molecule has 0 amide bonds. The summed E-state index contributed by atoms with van der Waals surface area (Å²) in [6.45, 7) is 4.45. The Morgan fingerprint density at radius 1 is 1.00 bits per heavy atom. The molecule has 4 atom stereocenters. The molecule has 0 bridgehead atoms. The number of alkyl halides is 8. The Morgan fingerprint density at radius 3 is 2.00 bits per heavy atom. The van der Waals surface area contributed by atoms with Crippen LogP contribution in [0.15, 0.2) is 0 Å². The van der Waals surface area contributed by atoms with Crippen LogP contribution in [0.4, 0.5) is 35.1 Å². The standard InChI is InChI=1S/C21H34F8O3/c1-7-14(3)11-15-12-17(21(27,28)29,32-13-31-10-9-30-6)20(25,26)18(15,22)19(23,24)16(4,5)8-2/h14-15H,7-13H2,1-6H3. The van der Waals surface area contributed by atoms with Crippen LogP contribution < -0.4 is 0 Å². The van der Waals surface area contributed by atoms with Gasteiger partial charge in [0.15, 0.2) is 0 Å². The van der Waals surface area contributed by atoms with E-state index in [2.05, 4.69) is 9.47 Å². The van der Waals surface area contributed by atoms with Gasteiger partial charge in [-0.25, -0.2) is 13.2 Å².